The summed E-state index contributed by atoms with van der Waals surface area (Å²) < 4.78 is 8.43. The van der Waals surface area contributed by atoms with Crippen LogP contribution in [0.4, 0.5) is 0 Å². The Bertz CT molecular complexity index is 60.0. The molecule has 0 aromatic heterocycles. The van der Waals surface area contributed by atoms with E-state index in [4.69, 9.17) is 0 Å². The Morgan fingerprint density at radius 2 is 2.43 bits per heavy atom. The normalized spacial score (nSPS) is 8.29. The molecule has 0 aromatic carbocycles. The number of ether oxygens (including phenoxy) is 2. The van der Waals surface area contributed by atoms with Crippen molar-refractivity contribution in [2.75, 3.05) is 6.79 Å². The molecule has 0 saturated heterocycles. The highest BCUT2D eigenvalue weighted by atomic mass is 16.7. The summed E-state index contributed by atoms with van der Waals surface area (Å²) in [6.45, 7) is 1.24. The first-order valence-electron chi connectivity index (χ1n) is 1.77. The largest absolute Gasteiger partial charge is 0.439 e. The lowest BCUT2D eigenvalue weighted by molar-refractivity contribution is -0.149. The second-order valence-electron chi connectivity index (χ2n) is 0.958. The van der Waals surface area contributed by atoms with Gasteiger partial charge in [0.2, 0.25) is 0 Å². The summed E-state index contributed by atoms with van der Waals surface area (Å²) >= 11 is 0. The Morgan fingerprint density at radius 3 is 2.57 bits per heavy atom. The Morgan fingerprint density at radius 1 is 1.86 bits per heavy atom. The van der Waals surface area contributed by atoms with Gasteiger partial charge >= 0.3 is 5.97 Å². The molecule has 0 saturated carbocycles. The third kappa shape index (κ3) is 5.43. The zero-order valence-corrected chi connectivity index (χ0v) is 4.14. The molecular weight excluding hydrogens is 96.0 g/mol. The lowest BCUT2D eigenvalue weighted by atomic mass is 10.8. The number of carbonyl (C=O) groups is 1. The SMILES string of the molecule is [CH2]OCOC(C)=O. The van der Waals surface area contributed by atoms with Gasteiger partial charge in [-0.2, -0.15) is 0 Å². The number of rotatable bonds is 2. The summed E-state index contributed by atoms with van der Waals surface area (Å²) in [5.41, 5.74) is 0. The van der Waals surface area contributed by atoms with E-state index in [9.17, 15) is 4.79 Å². The van der Waals surface area contributed by atoms with Crippen molar-refractivity contribution in [1.29, 1.82) is 0 Å². The van der Waals surface area contributed by atoms with Gasteiger partial charge in [0.05, 0.1) is 7.11 Å². The first kappa shape index (κ1) is 6.43. The van der Waals surface area contributed by atoms with E-state index in [0.29, 0.717) is 0 Å². The lowest BCUT2D eigenvalue weighted by Crippen LogP contribution is -2.00. The summed E-state index contributed by atoms with van der Waals surface area (Å²) in [4.78, 5) is 9.87. The molecule has 0 rings (SSSR count). The second-order valence-corrected chi connectivity index (χ2v) is 0.958. The van der Waals surface area contributed by atoms with E-state index in [1.807, 2.05) is 0 Å². The zero-order chi connectivity index (χ0) is 5.70. The molecule has 7 heavy (non-hydrogen) atoms. The van der Waals surface area contributed by atoms with Gasteiger partial charge < -0.3 is 9.47 Å². The fourth-order valence-electron chi connectivity index (χ4n) is 0.125. The predicted octanol–water partition coefficient (Wildman–Crippen LogP) is 0.315. The molecule has 1 radical (unpaired) electrons. The standard InChI is InChI=1S/C4H7O3/c1-4(5)7-3-6-2/h2-3H2,1H3. The lowest BCUT2D eigenvalue weighted by Gasteiger charge is -1.94. The zero-order valence-electron chi connectivity index (χ0n) is 4.14. The molecule has 0 unspecified atom stereocenters. The summed E-state index contributed by atoms with van der Waals surface area (Å²) in [6, 6.07) is 0. The van der Waals surface area contributed by atoms with Crippen LogP contribution in [0.3, 0.4) is 0 Å². The molecule has 0 aliphatic carbocycles. The maximum atomic E-state index is 9.87. The fourth-order valence-corrected chi connectivity index (χ4v) is 0.125. The van der Waals surface area contributed by atoms with Crippen molar-refractivity contribution in [2.24, 2.45) is 0 Å². The summed E-state index contributed by atoms with van der Waals surface area (Å²) in [7, 11) is 2.98. The van der Waals surface area contributed by atoms with Crippen molar-refractivity contribution in [2.45, 2.75) is 6.92 Å². The van der Waals surface area contributed by atoms with Gasteiger partial charge in [0.1, 0.15) is 0 Å². The van der Waals surface area contributed by atoms with E-state index in [1.54, 1.807) is 0 Å². The molecule has 0 atom stereocenters. The van der Waals surface area contributed by atoms with Gasteiger partial charge in [-0.1, -0.05) is 0 Å². The molecule has 0 heterocycles. The molecule has 0 spiro atoms. The van der Waals surface area contributed by atoms with Crippen molar-refractivity contribution in [3.05, 3.63) is 7.11 Å². The number of hydrogen-bond donors (Lipinski definition) is 0. The van der Waals surface area contributed by atoms with Crippen LogP contribution in [-0.4, -0.2) is 12.8 Å². The summed E-state index contributed by atoms with van der Waals surface area (Å²) in [5.74, 6) is -0.358. The van der Waals surface area contributed by atoms with Gasteiger partial charge in [-0.15, -0.1) is 0 Å². The summed E-state index contributed by atoms with van der Waals surface area (Å²) in [5, 5.41) is 0. The van der Waals surface area contributed by atoms with Gasteiger partial charge in [0.25, 0.3) is 0 Å². The molecule has 0 fully saturated rings. The van der Waals surface area contributed by atoms with Gasteiger partial charge in [-0.25, -0.2) is 0 Å². The Kier molecular flexibility index (Phi) is 3.32. The Balaban J connectivity index is 2.82. The van der Waals surface area contributed by atoms with Crippen LogP contribution in [0.15, 0.2) is 0 Å². The first-order chi connectivity index (χ1) is 3.27. The van der Waals surface area contributed by atoms with E-state index in [2.05, 4.69) is 16.6 Å². The molecule has 0 amide bonds. The van der Waals surface area contributed by atoms with Crippen LogP contribution in [-0.2, 0) is 14.3 Å². The molecule has 41 valence electrons. The molecule has 0 aliphatic heterocycles. The van der Waals surface area contributed by atoms with Gasteiger partial charge in [-0.05, 0) is 0 Å². The minimum Gasteiger partial charge on any atom is -0.439 e. The minimum atomic E-state index is -0.358. The monoisotopic (exact) mass is 103 g/mol. The highest BCUT2D eigenvalue weighted by molar-refractivity contribution is 5.65. The van der Waals surface area contributed by atoms with E-state index in [1.165, 1.54) is 6.92 Å². The van der Waals surface area contributed by atoms with Crippen molar-refractivity contribution >= 4 is 5.97 Å². The topological polar surface area (TPSA) is 35.5 Å². The van der Waals surface area contributed by atoms with Crippen molar-refractivity contribution in [3.63, 3.8) is 0 Å². The van der Waals surface area contributed by atoms with Crippen LogP contribution in [0.1, 0.15) is 6.92 Å². The molecular formula is C4H7O3. The number of carbonyl (C=O) groups excluding carboxylic acids is 1. The Labute approximate surface area is 42.2 Å². The third-order valence-corrected chi connectivity index (χ3v) is 0.346. The van der Waals surface area contributed by atoms with E-state index >= 15 is 0 Å². The maximum absolute atomic E-state index is 9.87. The number of hydrogen-bond acceptors (Lipinski definition) is 3. The van der Waals surface area contributed by atoms with Crippen molar-refractivity contribution in [1.82, 2.24) is 0 Å². The average molecular weight is 103 g/mol. The molecule has 0 bridgehead atoms. The van der Waals surface area contributed by atoms with E-state index in [0.717, 1.165) is 0 Å². The van der Waals surface area contributed by atoms with E-state index < -0.39 is 0 Å². The van der Waals surface area contributed by atoms with Crippen molar-refractivity contribution < 1.29 is 14.3 Å². The van der Waals surface area contributed by atoms with Gasteiger partial charge in [0.15, 0.2) is 6.79 Å². The predicted molar refractivity (Wildman–Crippen MR) is 23.1 cm³/mol. The van der Waals surface area contributed by atoms with Gasteiger partial charge in [0, 0.05) is 6.92 Å². The first-order valence-corrected chi connectivity index (χ1v) is 1.77. The second kappa shape index (κ2) is 3.61. The summed E-state index contributed by atoms with van der Waals surface area (Å²) in [6.07, 6.45) is 0. The van der Waals surface area contributed by atoms with Crippen LogP contribution in [0.5, 0.6) is 0 Å². The molecule has 0 aliphatic rings. The highest BCUT2D eigenvalue weighted by Crippen LogP contribution is 1.74. The smallest absolute Gasteiger partial charge is 0.304 e. The van der Waals surface area contributed by atoms with Gasteiger partial charge in [-0.3, -0.25) is 4.79 Å². The van der Waals surface area contributed by atoms with E-state index in [-0.39, 0.29) is 12.8 Å². The van der Waals surface area contributed by atoms with Crippen molar-refractivity contribution in [3.8, 4) is 0 Å². The fraction of sp³-hybridized carbons (Fsp3) is 0.500. The molecule has 0 N–H and O–H groups in total. The quantitative estimate of drug-likeness (QED) is 0.373. The number of esters is 1. The molecule has 3 heteroatoms. The molecule has 3 nitrogen and oxygen atoms in total. The highest BCUT2D eigenvalue weighted by Gasteiger charge is 1.85. The van der Waals surface area contributed by atoms with Crippen LogP contribution >= 0.6 is 0 Å². The third-order valence-electron chi connectivity index (χ3n) is 0.346. The van der Waals surface area contributed by atoms with Crippen LogP contribution in [0.2, 0.25) is 0 Å². The maximum Gasteiger partial charge on any atom is 0.304 e. The van der Waals surface area contributed by atoms with Crippen LogP contribution in [0.25, 0.3) is 0 Å². The minimum absolute atomic E-state index is 0.0602. The molecule has 0 aromatic rings. The van der Waals surface area contributed by atoms with Crippen LogP contribution < -0.4 is 0 Å². The van der Waals surface area contributed by atoms with Crippen LogP contribution in [0, 0.1) is 7.11 Å². The Hall–Kier alpha value is -0.570. The average Bonchev–Trinajstić information content (AvgIpc) is 1.61.